The van der Waals surface area contributed by atoms with Crippen molar-refractivity contribution in [1.29, 1.82) is 0 Å². The molecule has 1 saturated heterocycles. The summed E-state index contributed by atoms with van der Waals surface area (Å²) in [6.07, 6.45) is 0.224. The fourth-order valence-electron chi connectivity index (χ4n) is 2.70. The molecule has 1 N–H and O–H groups in total. The van der Waals surface area contributed by atoms with E-state index >= 15 is 0 Å². The smallest absolute Gasteiger partial charge is 0.246 e. The lowest BCUT2D eigenvalue weighted by Crippen LogP contribution is -2.36. The summed E-state index contributed by atoms with van der Waals surface area (Å²) in [7, 11) is 1.52. The zero-order chi connectivity index (χ0) is 15.0. The van der Waals surface area contributed by atoms with E-state index in [1.54, 1.807) is 0 Å². The maximum absolute atomic E-state index is 11.9. The number of carbonyl (C=O) groups excluding carboxylic acids is 2. The summed E-state index contributed by atoms with van der Waals surface area (Å²) in [5.74, 6) is -0.305. The van der Waals surface area contributed by atoms with Crippen LogP contribution >= 0.6 is 0 Å². The zero-order valence-electron chi connectivity index (χ0n) is 12.2. The lowest BCUT2D eigenvalue weighted by atomic mass is 10.2. The highest BCUT2D eigenvalue weighted by molar-refractivity contribution is 6.05. The van der Waals surface area contributed by atoms with Gasteiger partial charge in [0.2, 0.25) is 11.8 Å². The fourth-order valence-corrected chi connectivity index (χ4v) is 2.70. The number of nitrogens with one attached hydrogen (secondary N) is 1. The predicted molar refractivity (Wildman–Crippen MR) is 78.4 cm³/mol. The number of para-hydroxylation sites is 1. The maximum Gasteiger partial charge on any atom is 0.246 e. The third-order valence-electron chi connectivity index (χ3n) is 3.93. The second-order valence-corrected chi connectivity index (χ2v) is 5.21. The molecular formula is C15H18N4O2. The molecule has 1 atom stereocenters. The van der Waals surface area contributed by atoms with Crippen LogP contribution in [0.1, 0.15) is 19.0 Å². The Morgan fingerprint density at radius 1 is 1.33 bits per heavy atom. The molecule has 0 aliphatic carbocycles. The molecule has 6 nitrogen and oxygen atoms in total. The molecule has 3 rings (SSSR count). The van der Waals surface area contributed by atoms with Gasteiger partial charge in [-0.15, -0.1) is 0 Å². The number of carbonyl (C=O) groups is 2. The summed E-state index contributed by atoms with van der Waals surface area (Å²) in [5, 5.41) is 8.81. The summed E-state index contributed by atoms with van der Waals surface area (Å²) in [6.45, 7) is 3.32. The Bertz CT molecular complexity index is 707. The molecule has 6 heteroatoms. The standard InChI is InChI=1S/C15H18N4O2/c1-3-19-13-7-5-4-6-10(13)12(17-19)9-16-11-8-14(20)18(2)15(11)21/h4-7,11,16H,3,8-9H2,1-2H3. The number of fused-ring (bicyclic) bond motifs is 1. The number of nitrogens with zero attached hydrogens (tertiary/aromatic N) is 3. The number of hydrogen-bond acceptors (Lipinski definition) is 4. The highest BCUT2D eigenvalue weighted by atomic mass is 16.2. The van der Waals surface area contributed by atoms with E-state index in [-0.39, 0.29) is 18.2 Å². The van der Waals surface area contributed by atoms with E-state index in [1.807, 2.05) is 35.9 Å². The molecule has 2 amide bonds. The van der Waals surface area contributed by atoms with E-state index in [4.69, 9.17) is 0 Å². The highest BCUT2D eigenvalue weighted by Crippen LogP contribution is 2.19. The Kier molecular flexibility index (Phi) is 3.47. The van der Waals surface area contributed by atoms with Crippen LogP contribution in [0.25, 0.3) is 10.9 Å². The van der Waals surface area contributed by atoms with Gasteiger partial charge in [-0.05, 0) is 13.0 Å². The molecule has 2 heterocycles. The summed E-state index contributed by atoms with van der Waals surface area (Å²) in [6, 6.07) is 7.59. The molecule has 0 saturated carbocycles. The number of benzene rings is 1. The number of likely N-dealkylation sites (N-methyl/N-ethyl adjacent to an activating group) is 1. The lowest BCUT2D eigenvalue weighted by Gasteiger charge is -2.09. The van der Waals surface area contributed by atoms with Crippen LogP contribution in [0.15, 0.2) is 24.3 Å². The molecule has 1 aliphatic heterocycles. The van der Waals surface area contributed by atoms with Crippen molar-refractivity contribution in [2.45, 2.75) is 32.5 Å². The minimum absolute atomic E-state index is 0.138. The molecule has 1 unspecified atom stereocenters. The van der Waals surface area contributed by atoms with Gasteiger partial charge in [-0.3, -0.25) is 24.5 Å². The molecule has 2 aromatic rings. The van der Waals surface area contributed by atoms with Crippen molar-refractivity contribution in [3.63, 3.8) is 0 Å². The van der Waals surface area contributed by atoms with Gasteiger partial charge in [0.25, 0.3) is 0 Å². The van der Waals surface area contributed by atoms with E-state index in [0.717, 1.165) is 23.1 Å². The largest absolute Gasteiger partial charge is 0.300 e. The first-order chi connectivity index (χ1) is 10.1. The van der Waals surface area contributed by atoms with Crippen LogP contribution in [0.3, 0.4) is 0 Å². The number of amides is 2. The molecule has 0 bridgehead atoms. The number of imide groups is 1. The predicted octanol–water partition coefficient (Wildman–Crippen LogP) is 0.903. The molecule has 1 aromatic carbocycles. The van der Waals surface area contributed by atoms with E-state index in [0.29, 0.717) is 6.54 Å². The summed E-state index contributed by atoms with van der Waals surface area (Å²) < 4.78 is 1.94. The summed E-state index contributed by atoms with van der Waals surface area (Å²) in [5.41, 5.74) is 1.99. The highest BCUT2D eigenvalue weighted by Gasteiger charge is 2.35. The Morgan fingerprint density at radius 3 is 2.76 bits per heavy atom. The quantitative estimate of drug-likeness (QED) is 0.848. The number of aryl methyl sites for hydroxylation is 1. The second-order valence-electron chi connectivity index (χ2n) is 5.21. The molecule has 1 fully saturated rings. The van der Waals surface area contributed by atoms with Crippen molar-refractivity contribution in [2.75, 3.05) is 7.05 Å². The zero-order valence-corrected chi connectivity index (χ0v) is 12.2. The van der Waals surface area contributed by atoms with E-state index in [9.17, 15) is 9.59 Å². The average Bonchev–Trinajstić information content (AvgIpc) is 2.98. The normalized spacial score (nSPS) is 19.0. The number of likely N-dealkylation sites (tertiary alicyclic amines) is 1. The third-order valence-corrected chi connectivity index (χ3v) is 3.93. The minimum atomic E-state index is -0.437. The van der Waals surface area contributed by atoms with Crippen molar-refractivity contribution < 1.29 is 9.59 Å². The monoisotopic (exact) mass is 286 g/mol. The minimum Gasteiger partial charge on any atom is -0.300 e. The molecule has 1 aromatic heterocycles. The molecule has 1 aliphatic rings. The first kappa shape index (κ1) is 13.8. The van der Waals surface area contributed by atoms with Gasteiger partial charge in [-0.25, -0.2) is 0 Å². The maximum atomic E-state index is 11.9. The van der Waals surface area contributed by atoms with Crippen LogP contribution in [0.2, 0.25) is 0 Å². The van der Waals surface area contributed by atoms with Crippen molar-refractivity contribution >= 4 is 22.7 Å². The van der Waals surface area contributed by atoms with Crippen LogP contribution in [0.4, 0.5) is 0 Å². The van der Waals surface area contributed by atoms with Gasteiger partial charge < -0.3 is 0 Å². The fraction of sp³-hybridized carbons (Fsp3) is 0.400. The summed E-state index contributed by atoms with van der Waals surface area (Å²) in [4.78, 5) is 24.6. The van der Waals surface area contributed by atoms with E-state index in [1.165, 1.54) is 11.9 Å². The van der Waals surface area contributed by atoms with Crippen molar-refractivity contribution in [3.8, 4) is 0 Å². The van der Waals surface area contributed by atoms with Gasteiger partial charge in [-0.2, -0.15) is 5.10 Å². The molecular weight excluding hydrogens is 268 g/mol. The molecule has 0 radical (unpaired) electrons. The van der Waals surface area contributed by atoms with Gasteiger partial charge in [0.05, 0.1) is 23.7 Å². The Hall–Kier alpha value is -2.21. The van der Waals surface area contributed by atoms with Crippen LogP contribution in [-0.4, -0.2) is 39.6 Å². The van der Waals surface area contributed by atoms with Crippen LogP contribution < -0.4 is 5.32 Å². The van der Waals surface area contributed by atoms with Crippen molar-refractivity contribution in [2.24, 2.45) is 0 Å². The van der Waals surface area contributed by atoms with Gasteiger partial charge in [-0.1, -0.05) is 18.2 Å². The van der Waals surface area contributed by atoms with Gasteiger partial charge in [0.15, 0.2) is 0 Å². The Labute approximate surface area is 122 Å². The molecule has 0 spiro atoms. The Morgan fingerprint density at radius 2 is 2.10 bits per heavy atom. The first-order valence-electron chi connectivity index (χ1n) is 7.10. The van der Waals surface area contributed by atoms with E-state index in [2.05, 4.69) is 10.4 Å². The topological polar surface area (TPSA) is 67.2 Å². The average molecular weight is 286 g/mol. The SMILES string of the molecule is CCn1nc(CNC2CC(=O)N(C)C2=O)c2ccccc21. The van der Waals surface area contributed by atoms with Crippen LogP contribution in [0.5, 0.6) is 0 Å². The van der Waals surface area contributed by atoms with E-state index < -0.39 is 6.04 Å². The van der Waals surface area contributed by atoms with Gasteiger partial charge in [0, 0.05) is 25.5 Å². The second kappa shape index (κ2) is 5.29. The first-order valence-corrected chi connectivity index (χ1v) is 7.10. The molecule has 21 heavy (non-hydrogen) atoms. The van der Waals surface area contributed by atoms with Crippen molar-refractivity contribution in [3.05, 3.63) is 30.0 Å². The number of rotatable bonds is 4. The third kappa shape index (κ3) is 2.31. The summed E-state index contributed by atoms with van der Waals surface area (Å²) >= 11 is 0. The number of hydrogen-bond donors (Lipinski definition) is 1. The van der Waals surface area contributed by atoms with Crippen LogP contribution in [0, 0.1) is 0 Å². The van der Waals surface area contributed by atoms with Crippen LogP contribution in [-0.2, 0) is 22.7 Å². The van der Waals surface area contributed by atoms with Crippen molar-refractivity contribution in [1.82, 2.24) is 20.0 Å². The van der Waals surface area contributed by atoms with Gasteiger partial charge in [0.1, 0.15) is 0 Å². The Balaban J connectivity index is 1.80. The lowest BCUT2D eigenvalue weighted by molar-refractivity contribution is -0.137. The molecule has 110 valence electrons. The number of aromatic nitrogens is 2. The van der Waals surface area contributed by atoms with Gasteiger partial charge >= 0.3 is 0 Å².